The molecule has 7 atom stereocenters. The fourth-order valence-corrected chi connectivity index (χ4v) is 11.7. The Morgan fingerprint density at radius 2 is 1.22 bits per heavy atom. The number of aromatic nitrogens is 8. The van der Waals surface area contributed by atoms with E-state index in [0.29, 0.717) is 22.6 Å². The van der Waals surface area contributed by atoms with Crippen LogP contribution in [0.2, 0.25) is 0 Å². The molecule has 0 bridgehead atoms. The molecule has 28 heteroatoms. The first-order chi connectivity index (χ1) is 40.8. The van der Waals surface area contributed by atoms with Gasteiger partial charge in [0.2, 0.25) is 23.7 Å². The van der Waals surface area contributed by atoms with Gasteiger partial charge in [0.1, 0.15) is 53.7 Å². The number of ketones is 1. The third-order valence-corrected chi connectivity index (χ3v) is 16.5. The summed E-state index contributed by atoms with van der Waals surface area (Å²) in [4.78, 5) is 100. The van der Waals surface area contributed by atoms with Gasteiger partial charge in [0.25, 0.3) is 11.1 Å². The van der Waals surface area contributed by atoms with Crippen LogP contribution < -0.4 is 31.2 Å². The number of aromatic amines is 2. The zero-order valence-corrected chi connectivity index (χ0v) is 49.3. The molecule has 9 rings (SSSR count). The van der Waals surface area contributed by atoms with Gasteiger partial charge in [0, 0.05) is 31.1 Å². The summed E-state index contributed by atoms with van der Waals surface area (Å²) < 4.78 is 60.6. The van der Waals surface area contributed by atoms with Crippen molar-refractivity contribution in [2.45, 2.75) is 109 Å². The monoisotopic (exact) mass is 1210 g/mol. The Bertz CT molecular complexity index is 3710. The van der Waals surface area contributed by atoms with Crippen molar-refractivity contribution in [3.05, 3.63) is 129 Å². The highest BCUT2D eigenvalue weighted by atomic mass is 32.5. The van der Waals surface area contributed by atoms with Gasteiger partial charge < -0.3 is 46.8 Å². The number of esters is 1. The summed E-state index contributed by atoms with van der Waals surface area (Å²) >= 11 is 6.23. The lowest BCUT2D eigenvalue weighted by molar-refractivity contribution is -0.153. The predicted molar refractivity (Wildman–Crippen MR) is 310 cm³/mol. The molecule has 2 aliphatic heterocycles. The molecule has 2 fully saturated rings. The standard InChI is InChI=1S/C57H64N11O15PS/c1-32(2)51(71)63-55-61-49-47(53(73)65-55)59-30-67(49)44-26-40(82-46(70)23-14-34(5)69)43(81-44)29-79-84(85,78-25-11-24-58)83-41-27-45(68-31-60-48-50(68)62-56(66-54(48)74)64-52(72)33(3)4)80-42(41)28-77-57(35-12-9-8-10-13-35,36-15-19-38(75-6)20-16-36)37-17-21-39(76-7)22-18-37/h8-10,12-13,15-22,30-33,40-45H,11,14,23,25-29H2,1-7H3,(H2,61,63,65,71,73)(H2,62,64,66,72,74)/t40-,41-,42+,43+,44+,45+,84?/m0/s1. The van der Waals surface area contributed by atoms with E-state index in [-0.39, 0.29) is 85.3 Å². The Labute approximate surface area is 492 Å². The molecular formula is C57H64N11O15PS. The molecule has 85 heavy (non-hydrogen) atoms. The normalized spacial score (nSPS) is 19.4. The quantitative estimate of drug-likeness (QED) is 0.0186. The van der Waals surface area contributed by atoms with Gasteiger partial charge >= 0.3 is 12.7 Å². The Morgan fingerprint density at radius 1 is 0.729 bits per heavy atom. The topological polar surface area (TPSA) is 326 Å². The van der Waals surface area contributed by atoms with E-state index in [9.17, 15) is 34.0 Å². The minimum atomic E-state index is -4.08. The molecule has 0 radical (unpaired) electrons. The number of hydrogen-bond acceptors (Lipinski definition) is 21. The van der Waals surface area contributed by atoms with Crippen molar-refractivity contribution in [2.24, 2.45) is 11.8 Å². The number of imidazole rings is 2. The second kappa shape index (κ2) is 26.9. The third-order valence-electron chi connectivity index (χ3n) is 14.1. The van der Waals surface area contributed by atoms with Gasteiger partial charge in [0.15, 0.2) is 22.3 Å². The summed E-state index contributed by atoms with van der Waals surface area (Å²) in [7, 11) is 3.14. The highest BCUT2D eigenvalue weighted by molar-refractivity contribution is 8.07. The molecule has 2 saturated heterocycles. The maximum atomic E-state index is 13.5. The summed E-state index contributed by atoms with van der Waals surface area (Å²) in [6, 6.07) is 26.5. The number of ether oxygens (including phenoxy) is 6. The highest BCUT2D eigenvalue weighted by Crippen LogP contribution is 2.55. The van der Waals surface area contributed by atoms with Crippen LogP contribution in [0.3, 0.4) is 0 Å². The molecule has 3 aromatic carbocycles. The van der Waals surface area contributed by atoms with Gasteiger partial charge in [-0.3, -0.25) is 53.7 Å². The number of benzene rings is 3. The van der Waals surface area contributed by atoms with Crippen molar-refractivity contribution in [2.75, 3.05) is 44.7 Å². The lowest BCUT2D eigenvalue weighted by Gasteiger charge is -2.37. The highest BCUT2D eigenvalue weighted by Gasteiger charge is 2.47. The van der Waals surface area contributed by atoms with E-state index in [1.54, 1.807) is 41.9 Å². The number of rotatable bonds is 26. The second-order valence-corrected chi connectivity index (χ2v) is 23.6. The van der Waals surface area contributed by atoms with Gasteiger partial charge in [-0.05, 0) is 59.7 Å². The van der Waals surface area contributed by atoms with Gasteiger partial charge in [-0.2, -0.15) is 15.2 Å². The maximum absolute atomic E-state index is 13.5. The Kier molecular flexibility index (Phi) is 19.5. The fraction of sp³-hybridized carbons (Fsp3) is 0.421. The number of nitriles is 1. The minimum Gasteiger partial charge on any atom is -0.497 e. The number of hydrogen-bond donors (Lipinski definition) is 4. The van der Waals surface area contributed by atoms with Crippen LogP contribution in [0.25, 0.3) is 22.3 Å². The summed E-state index contributed by atoms with van der Waals surface area (Å²) in [6.45, 7) is 3.11. The number of carbonyl (C=O) groups is 4. The number of methoxy groups -OCH3 is 2. The maximum Gasteiger partial charge on any atom is 0.327 e. The van der Waals surface area contributed by atoms with Crippen molar-refractivity contribution in [1.29, 1.82) is 5.26 Å². The molecule has 0 saturated carbocycles. The van der Waals surface area contributed by atoms with Crippen molar-refractivity contribution < 1.29 is 61.2 Å². The molecule has 2 amide bonds. The van der Waals surface area contributed by atoms with E-state index in [1.165, 1.54) is 28.7 Å². The van der Waals surface area contributed by atoms with Gasteiger partial charge in [-0.25, -0.2) is 9.97 Å². The molecule has 1 unspecified atom stereocenters. The SMILES string of the molecule is COc1ccc(C(OC[C@H]2O[C@@H](n3cnc4c(=O)[nH]c(NC(=O)C(C)C)nc43)C[C@@H]2OP(=S)(OCCC#N)OC[C@H]2O[C@@H](n3cnc4c(=O)[nH]c(NC(=O)C(C)C)nc43)C[C@@H]2OC(=O)CCC(C)=O)(c2ccccc2)c2ccc(OC)cc2)cc1. The molecule has 7 aromatic rings. The van der Waals surface area contributed by atoms with Crippen LogP contribution in [0.1, 0.15) is 95.9 Å². The lowest BCUT2D eigenvalue weighted by Crippen LogP contribution is -2.38. The largest absolute Gasteiger partial charge is 0.497 e. The summed E-state index contributed by atoms with van der Waals surface area (Å²) in [6.07, 6.45) is -4.06. The van der Waals surface area contributed by atoms with Crippen LogP contribution in [-0.4, -0.2) is 121 Å². The zero-order chi connectivity index (χ0) is 60.6. The van der Waals surface area contributed by atoms with E-state index in [2.05, 4.69) is 46.6 Å². The number of H-pyrrole nitrogens is 2. The number of anilines is 2. The van der Waals surface area contributed by atoms with Crippen molar-refractivity contribution >= 4 is 76.3 Å². The molecule has 4 aromatic heterocycles. The Balaban J connectivity index is 1.08. The van der Waals surface area contributed by atoms with Crippen molar-refractivity contribution in [1.82, 2.24) is 39.0 Å². The average Bonchev–Trinajstić information content (AvgIpc) is 3.30. The first kappa shape index (κ1) is 61.5. The van der Waals surface area contributed by atoms with Gasteiger partial charge in [0.05, 0.1) is 71.7 Å². The van der Waals surface area contributed by atoms with E-state index >= 15 is 0 Å². The van der Waals surface area contributed by atoms with Crippen LogP contribution in [0.15, 0.2) is 101 Å². The zero-order valence-electron chi connectivity index (χ0n) is 47.5. The van der Waals surface area contributed by atoms with E-state index in [1.807, 2.05) is 78.9 Å². The van der Waals surface area contributed by atoms with Crippen molar-refractivity contribution in [3.63, 3.8) is 0 Å². The summed E-state index contributed by atoms with van der Waals surface area (Å²) in [5, 5.41) is 15.0. The molecular weight excluding hydrogens is 1140 g/mol. The van der Waals surface area contributed by atoms with Gasteiger partial charge in [-0.1, -0.05) is 82.3 Å². The van der Waals surface area contributed by atoms with Gasteiger partial charge in [-0.15, -0.1) is 0 Å². The summed E-state index contributed by atoms with van der Waals surface area (Å²) in [5.74, 6) is -1.64. The second-order valence-electron chi connectivity index (χ2n) is 20.7. The molecule has 0 spiro atoms. The number of carbonyl (C=O) groups excluding carboxylic acids is 4. The number of nitrogens with one attached hydrogen (secondary N) is 4. The minimum absolute atomic E-state index is 0.0216. The first-order valence-corrected chi connectivity index (χ1v) is 29.9. The number of amides is 2. The van der Waals surface area contributed by atoms with Crippen LogP contribution >= 0.6 is 6.72 Å². The van der Waals surface area contributed by atoms with Crippen molar-refractivity contribution in [3.8, 4) is 17.6 Å². The Hall–Kier alpha value is -8.06. The fourth-order valence-electron chi connectivity index (χ4n) is 9.61. The number of Topliss-reactive ketones (excluding diaryl/α,β-unsaturated/α-hetero) is 1. The molecule has 0 aliphatic carbocycles. The number of fused-ring (bicyclic) bond motifs is 2. The molecule has 4 N–H and O–H groups in total. The lowest BCUT2D eigenvalue weighted by atomic mass is 9.80. The van der Waals surface area contributed by atoms with Crippen LogP contribution in [0.5, 0.6) is 11.5 Å². The molecule has 448 valence electrons. The van der Waals surface area contributed by atoms with E-state index < -0.39 is 96.5 Å². The smallest absolute Gasteiger partial charge is 0.327 e. The first-order valence-electron chi connectivity index (χ1n) is 27.3. The van der Waals surface area contributed by atoms with Crippen LogP contribution in [0.4, 0.5) is 11.9 Å². The molecule has 26 nitrogen and oxygen atoms in total. The average molecular weight is 1210 g/mol. The predicted octanol–water partition coefficient (Wildman–Crippen LogP) is 6.88. The van der Waals surface area contributed by atoms with E-state index in [4.69, 9.17) is 53.8 Å². The Morgan fingerprint density at radius 3 is 1.71 bits per heavy atom. The number of nitrogens with zero attached hydrogens (tertiary/aromatic N) is 7. The molecule has 6 heterocycles. The van der Waals surface area contributed by atoms with Crippen LogP contribution in [0, 0.1) is 23.2 Å². The van der Waals surface area contributed by atoms with E-state index in [0.717, 1.165) is 5.56 Å². The summed E-state index contributed by atoms with van der Waals surface area (Å²) in [5.41, 5.74) is -0.455. The molecule has 2 aliphatic rings. The van der Waals surface area contributed by atoms with Crippen LogP contribution in [-0.2, 0) is 69.1 Å². The third kappa shape index (κ3) is 14.0.